The molecule has 0 N–H and O–H groups in total. The van der Waals surface area contributed by atoms with Crippen molar-refractivity contribution in [2.45, 2.75) is 13.5 Å². The van der Waals surface area contributed by atoms with E-state index >= 15 is 0 Å². The Morgan fingerprint density at radius 1 is 0.879 bits per heavy atom. The van der Waals surface area contributed by atoms with Crippen LogP contribution in [0.15, 0.2) is 96.8 Å². The quantitative estimate of drug-likeness (QED) is 0.294. The summed E-state index contributed by atoms with van der Waals surface area (Å²) in [5.74, 6) is 1.38. The van der Waals surface area contributed by atoms with Crippen molar-refractivity contribution >= 4 is 23.5 Å². The van der Waals surface area contributed by atoms with Crippen LogP contribution in [-0.2, 0) is 6.61 Å². The Bertz CT molecular complexity index is 1340. The number of fused-ring (bicyclic) bond motifs is 1. The van der Waals surface area contributed by atoms with Crippen molar-refractivity contribution < 1.29 is 14.3 Å². The van der Waals surface area contributed by atoms with Gasteiger partial charge >= 0.3 is 0 Å². The van der Waals surface area contributed by atoms with Crippen LogP contribution in [0.4, 0.5) is 0 Å². The number of hydrogen-bond donors (Lipinski definition) is 0. The molecule has 0 saturated heterocycles. The van der Waals surface area contributed by atoms with Gasteiger partial charge in [-0.2, -0.15) is 0 Å². The number of ether oxygens (including phenoxy) is 2. The average Bonchev–Trinajstić information content (AvgIpc) is 3.15. The number of allylic oxidation sites excluding steroid dienone is 1. The number of ketones is 1. The van der Waals surface area contributed by atoms with Crippen LogP contribution < -0.4 is 9.47 Å². The molecule has 1 aliphatic heterocycles. The number of aryl methyl sites for hydroxylation is 1. The predicted molar refractivity (Wildman–Crippen MR) is 132 cm³/mol. The van der Waals surface area contributed by atoms with Gasteiger partial charge in [0, 0.05) is 11.1 Å². The summed E-state index contributed by atoms with van der Waals surface area (Å²) in [5.41, 5.74) is 5.60. The van der Waals surface area contributed by atoms with Gasteiger partial charge in [0.1, 0.15) is 18.1 Å². The average molecular weight is 453 g/mol. The molecule has 4 aromatic rings. The lowest BCUT2D eigenvalue weighted by molar-refractivity contribution is 0.101. The fourth-order valence-electron chi connectivity index (χ4n) is 3.86. The van der Waals surface area contributed by atoms with Crippen molar-refractivity contribution in [2.75, 3.05) is 0 Å². The van der Waals surface area contributed by atoms with Crippen LogP contribution in [0.3, 0.4) is 0 Å². The Morgan fingerprint density at radius 3 is 2.30 bits per heavy atom. The molecule has 5 rings (SSSR count). The topological polar surface area (TPSA) is 35.5 Å². The zero-order valence-corrected chi connectivity index (χ0v) is 18.8. The summed E-state index contributed by atoms with van der Waals surface area (Å²) in [5, 5.41) is 0.688. The minimum Gasteiger partial charge on any atom is -0.489 e. The van der Waals surface area contributed by atoms with Gasteiger partial charge in [0.05, 0.1) is 5.56 Å². The number of rotatable bonds is 5. The Balaban J connectivity index is 1.34. The largest absolute Gasteiger partial charge is 0.489 e. The third kappa shape index (κ3) is 4.55. The Morgan fingerprint density at radius 2 is 1.58 bits per heavy atom. The highest BCUT2D eigenvalue weighted by molar-refractivity contribution is 6.30. The summed E-state index contributed by atoms with van der Waals surface area (Å²) < 4.78 is 11.9. The summed E-state index contributed by atoms with van der Waals surface area (Å²) in [4.78, 5) is 13.0. The van der Waals surface area contributed by atoms with Crippen LogP contribution in [0.1, 0.15) is 27.0 Å². The molecule has 0 bridgehead atoms. The lowest BCUT2D eigenvalue weighted by atomic mass is 10.0. The first-order valence-corrected chi connectivity index (χ1v) is 11.1. The number of halogens is 1. The predicted octanol–water partition coefficient (Wildman–Crippen LogP) is 7.51. The van der Waals surface area contributed by atoms with Gasteiger partial charge in [0.2, 0.25) is 5.78 Å². The van der Waals surface area contributed by atoms with Crippen LogP contribution >= 0.6 is 11.6 Å². The molecule has 0 saturated carbocycles. The van der Waals surface area contributed by atoms with Crippen molar-refractivity contribution in [2.24, 2.45) is 0 Å². The van der Waals surface area contributed by atoms with E-state index in [9.17, 15) is 4.79 Å². The number of carbonyl (C=O) groups excluding carboxylic acids is 1. The second kappa shape index (κ2) is 8.97. The molecule has 33 heavy (non-hydrogen) atoms. The Labute approximate surface area is 197 Å². The Hall–Kier alpha value is -3.82. The van der Waals surface area contributed by atoms with E-state index in [0.29, 0.717) is 34.5 Å². The van der Waals surface area contributed by atoms with Gasteiger partial charge in [0.15, 0.2) is 5.76 Å². The molecular weight excluding hydrogens is 432 g/mol. The van der Waals surface area contributed by atoms with Gasteiger partial charge in [0.25, 0.3) is 0 Å². The first kappa shape index (κ1) is 21.0. The maximum Gasteiger partial charge on any atom is 0.232 e. The van der Waals surface area contributed by atoms with Crippen LogP contribution in [-0.4, -0.2) is 5.78 Å². The van der Waals surface area contributed by atoms with Crippen LogP contribution in [0.2, 0.25) is 5.02 Å². The molecular formula is C29H21ClO3. The van der Waals surface area contributed by atoms with Crippen LogP contribution in [0.5, 0.6) is 11.5 Å². The van der Waals surface area contributed by atoms with E-state index in [1.807, 2.05) is 79.7 Å². The molecule has 1 aliphatic rings. The number of carbonyl (C=O) groups is 1. The summed E-state index contributed by atoms with van der Waals surface area (Å²) in [6.07, 6.45) is 1.78. The van der Waals surface area contributed by atoms with Gasteiger partial charge in [-0.1, -0.05) is 78.3 Å². The molecule has 0 radical (unpaired) electrons. The summed E-state index contributed by atoms with van der Waals surface area (Å²) in [7, 11) is 0. The van der Waals surface area contributed by atoms with Crippen molar-refractivity contribution in [3.05, 3.63) is 124 Å². The van der Waals surface area contributed by atoms with Gasteiger partial charge in [-0.3, -0.25) is 4.79 Å². The molecule has 0 spiro atoms. The highest BCUT2D eigenvalue weighted by atomic mass is 35.5. The summed E-state index contributed by atoms with van der Waals surface area (Å²) in [6, 6.07) is 29.4. The van der Waals surface area contributed by atoms with Crippen molar-refractivity contribution in [3.63, 3.8) is 0 Å². The second-order valence-electron chi connectivity index (χ2n) is 7.96. The first-order chi connectivity index (χ1) is 16.1. The van der Waals surface area contributed by atoms with Gasteiger partial charge < -0.3 is 9.47 Å². The number of benzene rings is 4. The van der Waals surface area contributed by atoms with Crippen LogP contribution in [0.25, 0.3) is 17.2 Å². The van der Waals surface area contributed by atoms with Gasteiger partial charge in [-0.15, -0.1) is 0 Å². The Kier molecular flexibility index (Phi) is 5.72. The standard InChI is InChI=1S/C29H21ClO3/c1-19-15-25(32-18-21-9-13-24(30)14-10-21)17-26-28(19)29(31)27(33-26)16-20-7-11-23(12-8-20)22-5-3-2-4-6-22/h2-17H,18H2,1H3/b27-16-. The first-order valence-electron chi connectivity index (χ1n) is 10.7. The lowest BCUT2D eigenvalue weighted by Gasteiger charge is -2.09. The van der Waals surface area contributed by atoms with Crippen molar-refractivity contribution in [1.82, 2.24) is 0 Å². The zero-order chi connectivity index (χ0) is 22.8. The highest BCUT2D eigenvalue weighted by Gasteiger charge is 2.30. The summed E-state index contributed by atoms with van der Waals surface area (Å²) >= 11 is 5.94. The van der Waals surface area contributed by atoms with Gasteiger partial charge in [-0.05, 0) is 59.0 Å². The van der Waals surface area contributed by atoms with Crippen molar-refractivity contribution in [3.8, 4) is 22.6 Å². The third-order valence-corrected chi connectivity index (χ3v) is 5.83. The number of Topliss-reactive ketones (excluding diaryl/α,β-unsaturated/α-hetero) is 1. The molecule has 162 valence electrons. The van der Waals surface area contributed by atoms with Crippen molar-refractivity contribution in [1.29, 1.82) is 0 Å². The van der Waals surface area contributed by atoms with Crippen LogP contribution in [0, 0.1) is 6.92 Å². The fraction of sp³-hybridized carbons (Fsp3) is 0.0690. The molecule has 1 heterocycles. The smallest absolute Gasteiger partial charge is 0.232 e. The van der Waals surface area contributed by atoms with E-state index in [4.69, 9.17) is 21.1 Å². The maximum absolute atomic E-state index is 13.0. The monoisotopic (exact) mass is 452 g/mol. The van der Waals surface area contributed by atoms with E-state index < -0.39 is 0 Å². The molecule has 0 aromatic heterocycles. The number of hydrogen-bond acceptors (Lipinski definition) is 3. The molecule has 4 aromatic carbocycles. The fourth-order valence-corrected chi connectivity index (χ4v) is 3.99. The van der Waals surface area contributed by atoms with E-state index in [1.54, 1.807) is 12.1 Å². The van der Waals surface area contributed by atoms with E-state index in [1.165, 1.54) is 0 Å². The SMILES string of the molecule is Cc1cc(OCc2ccc(Cl)cc2)cc2c1C(=O)/C(=C/c1ccc(-c3ccccc3)cc1)O2. The minimum absolute atomic E-state index is 0.112. The molecule has 0 fully saturated rings. The summed E-state index contributed by atoms with van der Waals surface area (Å²) in [6.45, 7) is 2.30. The highest BCUT2D eigenvalue weighted by Crippen LogP contribution is 2.38. The van der Waals surface area contributed by atoms with E-state index in [0.717, 1.165) is 27.8 Å². The molecule has 0 aliphatic carbocycles. The van der Waals surface area contributed by atoms with E-state index in [2.05, 4.69) is 12.1 Å². The lowest BCUT2D eigenvalue weighted by Crippen LogP contribution is -2.00. The molecule has 3 nitrogen and oxygen atoms in total. The molecule has 0 unspecified atom stereocenters. The second-order valence-corrected chi connectivity index (χ2v) is 8.39. The third-order valence-electron chi connectivity index (χ3n) is 5.58. The molecule has 0 atom stereocenters. The van der Waals surface area contributed by atoms with Gasteiger partial charge in [-0.25, -0.2) is 0 Å². The maximum atomic E-state index is 13.0. The zero-order valence-electron chi connectivity index (χ0n) is 18.0. The molecule has 0 amide bonds. The molecule has 4 heteroatoms. The van der Waals surface area contributed by atoms with E-state index in [-0.39, 0.29) is 5.78 Å². The minimum atomic E-state index is -0.112. The normalized spacial score (nSPS) is 13.6.